The molecule has 0 saturated carbocycles. The molecule has 3 unspecified atom stereocenters. The van der Waals surface area contributed by atoms with Crippen LogP contribution < -0.4 is 10.1 Å². The molecule has 156 valence electrons. The Balaban J connectivity index is 1.83. The molecule has 2 aliphatic carbocycles. The van der Waals surface area contributed by atoms with Gasteiger partial charge in [0.2, 0.25) is 5.78 Å². The van der Waals surface area contributed by atoms with E-state index in [0.717, 1.165) is 16.7 Å². The molecule has 2 N–H and O–H groups in total. The topological polar surface area (TPSA) is 84.9 Å². The highest BCUT2D eigenvalue weighted by Crippen LogP contribution is 2.61. The lowest BCUT2D eigenvalue weighted by Crippen LogP contribution is -2.62. The van der Waals surface area contributed by atoms with Crippen LogP contribution in [-0.2, 0) is 16.0 Å². The van der Waals surface area contributed by atoms with E-state index >= 15 is 0 Å². The number of ether oxygens (including phenoxy) is 2. The first-order valence-electron chi connectivity index (χ1n) is 10.1. The van der Waals surface area contributed by atoms with Crippen molar-refractivity contribution in [2.45, 2.75) is 45.9 Å². The number of aliphatic hydroxyl groups is 1. The van der Waals surface area contributed by atoms with Gasteiger partial charge in [0.05, 0.1) is 23.7 Å². The third-order valence-electron chi connectivity index (χ3n) is 7.48. The summed E-state index contributed by atoms with van der Waals surface area (Å²) < 4.78 is 12.3. The molecule has 1 aromatic carbocycles. The first-order chi connectivity index (χ1) is 14.1. The third-order valence-corrected chi connectivity index (χ3v) is 7.48. The van der Waals surface area contributed by atoms with E-state index in [-0.39, 0.29) is 17.4 Å². The number of aliphatic hydroxyl groups excluding tert-OH is 1. The highest BCUT2D eigenvalue weighted by atomic mass is 16.5. The van der Waals surface area contributed by atoms with E-state index in [9.17, 15) is 14.7 Å². The molecule has 0 radical (unpaired) electrons. The number of rotatable bonds is 1. The van der Waals surface area contributed by atoms with Crippen LogP contribution >= 0.6 is 0 Å². The van der Waals surface area contributed by atoms with Gasteiger partial charge >= 0.3 is 0 Å². The molecule has 6 nitrogen and oxygen atoms in total. The summed E-state index contributed by atoms with van der Waals surface area (Å²) in [5.41, 5.74) is 1.50. The van der Waals surface area contributed by atoms with Crippen LogP contribution in [0.15, 0.2) is 47.3 Å². The number of carbonyl (C=O) groups is 2. The fraction of sp³-hybridized carbons (Fsp3) is 0.417. The van der Waals surface area contributed by atoms with Gasteiger partial charge in [0.1, 0.15) is 5.75 Å². The quantitative estimate of drug-likeness (QED) is 0.747. The van der Waals surface area contributed by atoms with Crippen molar-refractivity contribution < 1.29 is 24.2 Å². The highest BCUT2D eigenvalue weighted by Gasteiger charge is 2.64. The van der Waals surface area contributed by atoms with E-state index in [1.54, 1.807) is 12.1 Å². The number of hydrogen-bond donors (Lipinski definition) is 2. The summed E-state index contributed by atoms with van der Waals surface area (Å²) in [6, 6.07) is 3.64. The number of ketones is 1. The normalized spacial score (nSPS) is 33.0. The minimum Gasteiger partial charge on any atom is -0.493 e. The Bertz CT molecular complexity index is 1120. The number of hydrogen-bond acceptors (Lipinski definition) is 5. The molecule has 6 heteroatoms. The fourth-order valence-electron chi connectivity index (χ4n) is 5.51. The summed E-state index contributed by atoms with van der Waals surface area (Å²) in [5.74, 6) is 0.358. The van der Waals surface area contributed by atoms with E-state index in [1.165, 1.54) is 7.11 Å². The minimum atomic E-state index is -1.13. The summed E-state index contributed by atoms with van der Waals surface area (Å²) in [5, 5.41) is 13.1. The number of Topliss-reactive ketones (excluding diaryl/α,β-unsaturated/α-hetero) is 1. The predicted octanol–water partition coefficient (Wildman–Crippen LogP) is 3.13. The highest BCUT2D eigenvalue weighted by molar-refractivity contribution is 6.03. The van der Waals surface area contributed by atoms with Crippen LogP contribution in [0.2, 0.25) is 0 Å². The Hall–Kier alpha value is -2.86. The van der Waals surface area contributed by atoms with Crippen LogP contribution in [0.25, 0.3) is 0 Å². The number of amides is 1. The maximum Gasteiger partial charge on any atom is 0.254 e. The molecule has 2 aliphatic heterocycles. The standard InChI is InChI=1S/C24H25NO5/c1-12-6-9-16-22(2,3)19(26)15(29-5)11-24(16)23(12,4)10-13-7-8-14-17(18(13)30-24)21(28)25-20(14)27/h6-9,11,21,28H,10H2,1-5H3,(H,25,27). The summed E-state index contributed by atoms with van der Waals surface area (Å²) in [4.78, 5) is 25.4. The molecule has 2 heterocycles. The van der Waals surface area contributed by atoms with Crippen molar-refractivity contribution in [1.82, 2.24) is 5.32 Å². The average Bonchev–Trinajstić information content (AvgIpc) is 2.98. The minimum absolute atomic E-state index is 0.0956. The third kappa shape index (κ3) is 2.02. The number of benzene rings is 1. The van der Waals surface area contributed by atoms with Gasteiger partial charge in [-0.1, -0.05) is 30.7 Å². The summed E-state index contributed by atoms with van der Waals surface area (Å²) in [6.45, 7) is 7.98. The van der Waals surface area contributed by atoms with Gasteiger partial charge in [-0.2, -0.15) is 0 Å². The van der Waals surface area contributed by atoms with Gasteiger partial charge in [0, 0.05) is 11.5 Å². The number of nitrogens with one attached hydrogen (secondary N) is 1. The van der Waals surface area contributed by atoms with Crippen LogP contribution in [0.1, 0.15) is 55.4 Å². The first-order valence-corrected chi connectivity index (χ1v) is 10.1. The van der Waals surface area contributed by atoms with Gasteiger partial charge in [-0.05, 0) is 44.4 Å². The Morgan fingerprint density at radius 1 is 1.20 bits per heavy atom. The predicted molar refractivity (Wildman–Crippen MR) is 110 cm³/mol. The number of allylic oxidation sites excluding steroid dienone is 3. The fourth-order valence-corrected chi connectivity index (χ4v) is 5.51. The van der Waals surface area contributed by atoms with E-state index in [1.807, 2.05) is 26.0 Å². The number of fused-ring (bicyclic) bond motifs is 3. The second-order valence-corrected chi connectivity index (χ2v) is 9.33. The maximum atomic E-state index is 13.1. The molecule has 5 rings (SSSR count). The smallest absolute Gasteiger partial charge is 0.254 e. The van der Waals surface area contributed by atoms with Crippen molar-refractivity contribution in [3.05, 3.63) is 64.0 Å². The van der Waals surface area contributed by atoms with Gasteiger partial charge in [0.15, 0.2) is 17.6 Å². The van der Waals surface area contributed by atoms with Crippen molar-refractivity contribution >= 4 is 11.7 Å². The second-order valence-electron chi connectivity index (χ2n) is 9.33. The maximum absolute atomic E-state index is 13.1. The zero-order valence-electron chi connectivity index (χ0n) is 17.8. The molecular weight excluding hydrogens is 382 g/mol. The summed E-state index contributed by atoms with van der Waals surface area (Å²) in [7, 11) is 1.49. The Morgan fingerprint density at radius 2 is 1.93 bits per heavy atom. The Kier molecular flexibility index (Phi) is 3.59. The van der Waals surface area contributed by atoms with Crippen LogP contribution in [0, 0.1) is 10.8 Å². The Morgan fingerprint density at radius 3 is 2.63 bits per heavy atom. The molecule has 0 saturated heterocycles. The molecule has 0 fully saturated rings. The van der Waals surface area contributed by atoms with Crippen molar-refractivity contribution in [2.75, 3.05) is 7.11 Å². The van der Waals surface area contributed by atoms with Crippen LogP contribution in [0.3, 0.4) is 0 Å². The van der Waals surface area contributed by atoms with Crippen molar-refractivity contribution in [1.29, 1.82) is 0 Å². The molecule has 4 aliphatic rings. The van der Waals surface area contributed by atoms with Gasteiger partial charge in [-0.3, -0.25) is 9.59 Å². The van der Waals surface area contributed by atoms with Crippen LogP contribution in [0.5, 0.6) is 5.75 Å². The van der Waals surface area contributed by atoms with E-state index < -0.39 is 22.7 Å². The number of methoxy groups -OCH3 is 1. The molecule has 3 atom stereocenters. The lowest BCUT2D eigenvalue weighted by atomic mass is 9.52. The SMILES string of the molecule is COC1=CC23Oc4c(ccc5c4C(O)NC5=O)CC2(C)C(C)=CC=C3C(C)(C)C1=O. The molecule has 0 bridgehead atoms. The summed E-state index contributed by atoms with van der Waals surface area (Å²) >= 11 is 0. The molecular formula is C24H25NO5. The molecule has 1 spiro atoms. The molecule has 1 aromatic rings. The second kappa shape index (κ2) is 5.64. The van der Waals surface area contributed by atoms with Gasteiger partial charge in [-0.25, -0.2) is 0 Å². The zero-order chi connectivity index (χ0) is 21.6. The Labute approximate surface area is 175 Å². The molecule has 1 amide bonds. The van der Waals surface area contributed by atoms with E-state index in [4.69, 9.17) is 9.47 Å². The molecule has 30 heavy (non-hydrogen) atoms. The number of carbonyl (C=O) groups excluding carboxylic acids is 2. The van der Waals surface area contributed by atoms with Crippen molar-refractivity contribution in [2.24, 2.45) is 10.8 Å². The summed E-state index contributed by atoms with van der Waals surface area (Å²) in [6.07, 6.45) is 5.34. The monoisotopic (exact) mass is 407 g/mol. The van der Waals surface area contributed by atoms with Crippen LogP contribution in [-0.4, -0.2) is 29.5 Å². The van der Waals surface area contributed by atoms with Gasteiger partial charge < -0.3 is 19.9 Å². The lowest BCUT2D eigenvalue weighted by Gasteiger charge is -2.58. The van der Waals surface area contributed by atoms with E-state index in [2.05, 4.69) is 25.2 Å². The van der Waals surface area contributed by atoms with Gasteiger partial charge in [0.25, 0.3) is 5.91 Å². The van der Waals surface area contributed by atoms with Crippen molar-refractivity contribution in [3.8, 4) is 5.75 Å². The first kappa shape index (κ1) is 19.1. The van der Waals surface area contributed by atoms with Crippen LogP contribution in [0.4, 0.5) is 0 Å². The average molecular weight is 407 g/mol. The van der Waals surface area contributed by atoms with E-state index in [0.29, 0.717) is 23.3 Å². The van der Waals surface area contributed by atoms with Gasteiger partial charge in [-0.15, -0.1) is 0 Å². The van der Waals surface area contributed by atoms with Crippen molar-refractivity contribution in [3.63, 3.8) is 0 Å². The molecule has 0 aromatic heterocycles. The lowest BCUT2D eigenvalue weighted by molar-refractivity contribution is -0.128. The largest absolute Gasteiger partial charge is 0.493 e. The zero-order valence-corrected chi connectivity index (χ0v) is 17.8.